The fourth-order valence-corrected chi connectivity index (χ4v) is 4.40. The fraction of sp³-hybridized carbons (Fsp3) is 0.241. The van der Waals surface area contributed by atoms with Crippen molar-refractivity contribution in [1.82, 2.24) is 9.88 Å². The number of ether oxygens (including phenoxy) is 3. The third-order valence-electron chi connectivity index (χ3n) is 6.00. The Morgan fingerprint density at radius 2 is 1.78 bits per heavy atom. The van der Waals surface area contributed by atoms with Crippen LogP contribution in [-0.4, -0.2) is 50.3 Å². The molecule has 1 aromatic heterocycles. The van der Waals surface area contributed by atoms with Gasteiger partial charge >= 0.3 is 0 Å². The molecule has 186 valence electrons. The number of hydrogen-bond acceptors (Lipinski definition) is 5. The van der Waals surface area contributed by atoms with E-state index in [0.717, 1.165) is 33.3 Å². The Balaban J connectivity index is 1.82. The van der Waals surface area contributed by atoms with Gasteiger partial charge in [0.15, 0.2) is 11.5 Å². The molecule has 0 saturated heterocycles. The zero-order valence-corrected chi connectivity index (χ0v) is 21.6. The Hall–Kier alpha value is -3.61. The van der Waals surface area contributed by atoms with E-state index >= 15 is 0 Å². The predicted octanol–water partition coefficient (Wildman–Crippen LogP) is 6.17. The molecule has 0 N–H and O–H groups in total. The molecule has 0 radical (unpaired) electrons. The van der Waals surface area contributed by atoms with Crippen molar-refractivity contribution in [2.75, 3.05) is 34.5 Å². The topological polar surface area (TPSA) is 60.9 Å². The van der Waals surface area contributed by atoms with Crippen molar-refractivity contribution >= 4 is 28.4 Å². The highest BCUT2D eigenvalue weighted by Crippen LogP contribution is 2.33. The molecular weight excluding hydrogens is 476 g/mol. The molecule has 0 bridgehead atoms. The van der Waals surface area contributed by atoms with Crippen molar-refractivity contribution in [3.63, 3.8) is 0 Å². The van der Waals surface area contributed by atoms with E-state index in [1.54, 1.807) is 37.3 Å². The Labute approximate surface area is 216 Å². The van der Waals surface area contributed by atoms with Crippen LogP contribution in [0.25, 0.3) is 22.2 Å². The van der Waals surface area contributed by atoms with E-state index in [1.165, 1.54) is 7.11 Å². The van der Waals surface area contributed by atoms with E-state index in [4.69, 9.17) is 30.8 Å². The number of nitrogens with zero attached hydrogens (tertiary/aromatic N) is 2. The van der Waals surface area contributed by atoms with Crippen LogP contribution in [0.15, 0.2) is 66.7 Å². The van der Waals surface area contributed by atoms with Crippen LogP contribution < -0.4 is 9.47 Å². The molecule has 6 nitrogen and oxygen atoms in total. The van der Waals surface area contributed by atoms with E-state index in [-0.39, 0.29) is 5.91 Å². The first kappa shape index (κ1) is 25.5. The summed E-state index contributed by atoms with van der Waals surface area (Å²) in [5.41, 5.74) is 5.05. The molecule has 1 amide bonds. The van der Waals surface area contributed by atoms with Crippen LogP contribution in [0.1, 0.15) is 21.5 Å². The van der Waals surface area contributed by atoms with Crippen LogP contribution in [0.2, 0.25) is 5.02 Å². The first-order valence-corrected chi connectivity index (χ1v) is 12.0. The summed E-state index contributed by atoms with van der Waals surface area (Å²) in [6.07, 6.45) is 0. The number of benzene rings is 3. The number of rotatable bonds is 9. The predicted molar refractivity (Wildman–Crippen MR) is 143 cm³/mol. The van der Waals surface area contributed by atoms with Gasteiger partial charge in [0, 0.05) is 36.2 Å². The van der Waals surface area contributed by atoms with Crippen LogP contribution in [0, 0.1) is 6.92 Å². The maximum Gasteiger partial charge on any atom is 0.258 e. The third kappa shape index (κ3) is 5.45. The van der Waals surface area contributed by atoms with Crippen LogP contribution in [0.3, 0.4) is 0 Å². The number of amides is 1. The largest absolute Gasteiger partial charge is 0.493 e. The molecule has 0 fully saturated rings. The standard InChI is InChI=1S/C29H29ClN2O4/c1-19-7-5-8-21(15-19)27-22(16-20-11-12-23(30)17-25(20)31-27)18-32(13-14-34-2)29(33)24-9-6-10-26(35-3)28(24)36-4/h5-12,15-17H,13-14,18H2,1-4H3. The van der Waals surface area contributed by atoms with Crippen molar-refractivity contribution in [3.05, 3.63) is 88.4 Å². The van der Waals surface area contributed by atoms with Crippen molar-refractivity contribution in [1.29, 1.82) is 0 Å². The first-order chi connectivity index (χ1) is 17.4. The summed E-state index contributed by atoms with van der Waals surface area (Å²) in [4.78, 5) is 20.5. The molecular formula is C29H29ClN2O4. The highest BCUT2D eigenvalue weighted by Gasteiger charge is 2.24. The number of carbonyl (C=O) groups is 1. The number of methoxy groups -OCH3 is 3. The minimum Gasteiger partial charge on any atom is -0.493 e. The Morgan fingerprint density at radius 1 is 0.972 bits per heavy atom. The molecule has 0 saturated carbocycles. The zero-order chi connectivity index (χ0) is 25.7. The van der Waals surface area contributed by atoms with Crippen LogP contribution in [-0.2, 0) is 11.3 Å². The van der Waals surface area contributed by atoms with Gasteiger partial charge in [-0.25, -0.2) is 4.98 Å². The first-order valence-electron chi connectivity index (χ1n) is 11.6. The summed E-state index contributed by atoms with van der Waals surface area (Å²) in [5.74, 6) is 0.714. The summed E-state index contributed by atoms with van der Waals surface area (Å²) in [5, 5.41) is 1.57. The number of halogens is 1. The minimum atomic E-state index is -0.186. The second-order valence-electron chi connectivity index (χ2n) is 8.46. The number of hydrogen-bond donors (Lipinski definition) is 0. The van der Waals surface area contributed by atoms with E-state index in [0.29, 0.717) is 41.8 Å². The van der Waals surface area contributed by atoms with Crippen molar-refractivity contribution < 1.29 is 19.0 Å². The normalized spacial score (nSPS) is 10.9. The van der Waals surface area contributed by atoms with Crippen LogP contribution in [0.4, 0.5) is 0 Å². The second-order valence-corrected chi connectivity index (χ2v) is 8.90. The molecule has 36 heavy (non-hydrogen) atoms. The molecule has 0 aliphatic heterocycles. The molecule has 0 atom stereocenters. The Bertz CT molecular complexity index is 1390. The molecule has 4 aromatic rings. The smallest absolute Gasteiger partial charge is 0.258 e. The van der Waals surface area contributed by atoms with E-state index < -0.39 is 0 Å². The van der Waals surface area contributed by atoms with Gasteiger partial charge in [-0.2, -0.15) is 0 Å². The number of para-hydroxylation sites is 1. The van der Waals surface area contributed by atoms with Gasteiger partial charge in [0.1, 0.15) is 0 Å². The lowest BCUT2D eigenvalue weighted by molar-refractivity contribution is 0.0676. The third-order valence-corrected chi connectivity index (χ3v) is 6.23. The Kier molecular flexibility index (Phi) is 8.08. The van der Waals surface area contributed by atoms with Gasteiger partial charge in [0.2, 0.25) is 0 Å². The van der Waals surface area contributed by atoms with Gasteiger partial charge in [-0.3, -0.25) is 4.79 Å². The number of fused-ring (bicyclic) bond motifs is 1. The molecule has 3 aromatic carbocycles. The summed E-state index contributed by atoms with van der Waals surface area (Å²) >= 11 is 6.26. The molecule has 0 spiro atoms. The van der Waals surface area contributed by atoms with Crippen molar-refractivity contribution in [2.45, 2.75) is 13.5 Å². The lowest BCUT2D eigenvalue weighted by Gasteiger charge is -2.25. The maximum atomic E-state index is 13.8. The van der Waals surface area contributed by atoms with Crippen molar-refractivity contribution in [3.8, 4) is 22.8 Å². The van der Waals surface area contributed by atoms with Crippen LogP contribution in [0.5, 0.6) is 11.5 Å². The van der Waals surface area contributed by atoms with Crippen molar-refractivity contribution in [2.24, 2.45) is 0 Å². The lowest BCUT2D eigenvalue weighted by atomic mass is 10.0. The SMILES string of the molecule is COCCN(Cc1cc2ccc(Cl)cc2nc1-c1cccc(C)c1)C(=O)c1cccc(OC)c1OC. The maximum absolute atomic E-state index is 13.8. The lowest BCUT2D eigenvalue weighted by Crippen LogP contribution is -2.34. The second kappa shape index (κ2) is 11.4. The molecule has 0 unspecified atom stereocenters. The summed E-state index contributed by atoms with van der Waals surface area (Å²) < 4.78 is 16.3. The molecule has 4 rings (SSSR count). The van der Waals surface area contributed by atoms with Gasteiger partial charge < -0.3 is 19.1 Å². The number of pyridine rings is 1. The molecule has 0 aliphatic carbocycles. The van der Waals surface area contributed by atoms with Crippen LogP contribution >= 0.6 is 11.6 Å². The van der Waals surface area contributed by atoms with Gasteiger partial charge in [-0.15, -0.1) is 0 Å². The molecule has 0 aliphatic rings. The number of aryl methyl sites for hydroxylation is 1. The summed E-state index contributed by atoms with van der Waals surface area (Å²) in [7, 11) is 4.70. The quantitative estimate of drug-likeness (QED) is 0.273. The average Bonchev–Trinajstić information content (AvgIpc) is 2.89. The Morgan fingerprint density at radius 3 is 2.50 bits per heavy atom. The molecule has 7 heteroatoms. The van der Waals surface area contributed by atoms with E-state index in [1.807, 2.05) is 43.3 Å². The van der Waals surface area contributed by atoms with Gasteiger partial charge in [-0.05, 0) is 48.9 Å². The van der Waals surface area contributed by atoms with E-state index in [2.05, 4.69) is 12.1 Å². The fourth-order valence-electron chi connectivity index (χ4n) is 4.23. The number of aromatic nitrogens is 1. The monoisotopic (exact) mass is 504 g/mol. The molecule has 1 heterocycles. The summed E-state index contributed by atoms with van der Waals surface area (Å²) in [6.45, 7) is 3.15. The zero-order valence-electron chi connectivity index (χ0n) is 20.9. The summed E-state index contributed by atoms with van der Waals surface area (Å²) in [6, 6.07) is 21.2. The van der Waals surface area contributed by atoms with Gasteiger partial charge in [0.25, 0.3) is 5.91 Å². The average molecular weight is 505 g/mol. The highest BCUT2D eigenvalue weighted by atomic mass is 35.5. The van der Waals surface area contributed by atoms with E-state index in [9.17, 15) is 4.79 Å². The minimum absolute atomic E-state index is 0.186. The highest BCUT2D eigenvalue weighted by molar-refractivity contribution is 6.31. The van der Waals surface area contributed by atoms with Gasteiger partial charge in [0.05, 0.1) is 37.6 Å². The van der Waals surface area contributed by atoms with Gasteiger partial charge in [-0.1, -0.05) is 47.5 Å². The number of carbonyl (C=O) groups excluding carboxylic acids is 1.